The molecule has 2 heterocycles. The predicted molar refractivity (Wildman–Crippen MR) is 76.2 cm³/mol. The SMILES string of the molecule is Cn1cccc1S(=O)(=O)N1C(C(=O)O)CC2CCCCC21. The molecular weight excluding hydrogens is 292 g/mol. The van der Waals surface area contributed by atoms with Crippen LogP contribution in [0.15, 0.2) is 23.4 Å². The largest absolute Gasteiger partial charge is 0.480 e. The lowest BCUT2D eigenvalue weighted by Crippen LogP contribution is -2.46. The van der Waals surface area contributed by atoms with Crippen molar-refractivity contribution in [3.63, 3.8) is 0 Å². The lowest BCUT2D eigenvalue weighted by Gasteiger charge is -2.32. The van der Waals surface area contributed by atoms with Gasteiger partial charge in [0.25, 0.3) is 10.0 Å². The summed E-state index contributed by atoms with van der Waals surface area (Å²) in [6.45, 7) is 0. The van der Waals surface area contributed by atoms with Crippen molar-refractivity contribution in [1.29, 1.82) is 0 Å². The first-order valence-corrected chi connectivity index (χ1v) is 8.74. The first-order valence-electron chi connectivity index (χ1n) is 7.30. The number of aryl methyl sites for hydroxylation is 1. The zero-order valence-corrected chi connectivity index (χ0v) is 12.8. The van der Waals surface area contributed by atoms with Gasteiger partial charge in [0.05, 0.1) is 0 Å². The van der Waals surface area contributed by atoms with Crippen LogP contribution in [0.25, 0.3) is 0 Å². The maximum Gasteiger partial charge on any atom is 0.322 e. The van der Waals surface area contributed by atoms with E-state index in [9.17, 15) is 18.3 Å². The van der Waals surface area contributed by atoms with Crippen LogP contribution in [0, 0.1) is 5.92 Å². The summed E-state index contributed by atoms with van der Waals surface area (Å²) in [7, 11) is -2.11. The molecule has 3 rings (SSSR count). The molecule has 1 aromatic heterocycles. The first-order chi connectivity index (χ1) is 9.93. The van der Waals surface area contributed by atoms with Gasteiger partial charge >= 0.3 is 5.97 Å². The molecule has 0 bridgehead atoms. The van der Waals surface area contributed by atoms with Gasteiger partial charge in [-0.2, -0.15) is 4.31 Å². The second kappa shape index (κ2) is 5.14. The summed E-state index contributed by atoms with van der Waals surface area (Å²) >= 11 is 0. The van der Waals surface area contributed by atoms with Gasteiger partial charge in [0, 0.05) is 19.3 Å². The van der Waals surface area contributed by atoms with E-state index in [-0.39, 0.29) is 17.0 Å². The van der Waals surface area contributed by atoms with Crippen LogP contribution in [-0.4, -0.2) is 40.4 Å². The Morgan fingerprint density at radius 3 is 2.67 bits per heavy atom. The Hall–Kier alpha value is -1.34. The third-order valence-electron chi connectivity index (χ3n) is 4.75. The molecule has 1 aliphatic heterocycles. The molecule has 0 amide bonds. The van der Waals surface area contributed by atoms with Crippen molar-refractivity contribution in [3.05, 3.63) is 18.3 Å². The Bertz CT molecular complexity index is 652. The maximum absolute atomic E-state index is 12.9. The monoisotopic (exact) mass is 312 g/mol. The molecule has 2 fully saturated rings. The van der Waals surface area contributed by atoms with Crippen LogP contribution in [0.5, 0.6) is 0 Å². The molecule has 1 N–H and O–H groups in total. The average molecular weight is 312 g/mol. The van der Waals surface area contributed by atoms with Gasteiger partial charge in [-0.25, -0.2) is 8.42 Å². The number of aliphatic carboxylic acids is 1. The molecule has 1 saturated carbocycles. The number of fused-ring (bicyclic) bond motifs is 1. The number of hydrogen-bond acceptors (Lipinski definition) is 3. The summed E-state index contributed by atoms with van der Waals surface area (Å²) in [6.07, 6.45) is 5.81. The molecule has 1 aliphatic carbocycles. The van der Waals surface area contributed by atoms with E-state index in [0.717, 1.165) is 25.7 Å². The number of aromatic nitrogens is 1. The van der Waals surface area contributed by atoms with Crippen molar-refractivity contribution in [1.82, 2.24) is 8.87 Å². The average Bonchev–Trinajstić information content (AvgIpc) is 3.02. The smallest absolute Gasteiger partial charge is 0.322 e. The Morgan fingerprint density at radius 1 is 1.33 bits per heavy atom. The minimum Gasteiger partial charge on any atom is -0.480 e. The highest BCUT2D eigenvalue weighted by molar-refractivity contribution is 7.89. The maximum atomic E-state index is 12.9. The molecule has 7 heteroatoms. The zero-order valence-electron chi connectivity index (χ0n) is 12.0. The number of nitrogens with zero attached hydrogens (tertiary/aromatic N) is 2. The molecule has 21 heavy (non-hydrogen) atoms. The van der Waals surface area contributed by atoms with E-state index in [1.165, 1.54) is 14.9 Å². The van der Waals surface area contributed by atoms with Crippen molar-refractivity contribution >= 4 is 16.0 Å². The molecule has 1 aromatic rings. The Balaban J connectivity index is 2.04. The zero-order chi connectivity index (χ0) is 15.2. The fraction of sp³-hybridized carbons (Fsp3) is 0.643. The molecule has 6 nitrogen and oxygen atoms in total. The molecular formula is C14H20N2O4S. The van der Waals surface area contributed by atoms with Crippen LogP contribution in [-0.2, 0) is 21.9 Å². The number of hydrogen-bond donors (Lipinski definition) is 1. The predicted octanol–water partition coefficient (Wildman–Crippen LogP) is 1.43. The minimum absolute atomic E-state index is 0.167. The lowest BCUT2D eigenvalue weighted by atomic mass is 9.85. The Morgan fingerprint density at radius 2 is 2.05 bits per heavy atom. The second-order valence-electron chi connectivity index (χ2n) is 5.99. The normalized spacial score (nSPS) is 30.2. The van der Waals surface area contributed by atoms with Crippen LogP contribution < -0.4 is 0 Å². The van der Waals surface area contributed by atoms with Crippen molar-refractivity contribution in [2.45, 2.75) is 49.2 Å². The molecule has 0 radical (unpaired) electrons. The quantitative estimate of drug-likeness (QED) is 0.915. The Labute approximate surface area is 124 Å². The van der Waals surface area contributed by atoms with Crippen molar-refractivity contribution in [2.24, 2.45) is 13.0 Å². The molecule has 1 saturated heterocycles. The standard InChI is InChI=1S/C14H20N2O4S/c1-15-8-4-7-13(15)21(19,20)16-11-6-3-2-5-10(11)9-12(16)14(17)18/h4,7-8,10-12H,2-3,5-6,9H2,1H3,(H,17,18). The topological polar surface area (TPSA) is 79.6 Å². The summed E-state index contributed by atoms with van der Waals surface area (Å²) < 4.78 is 28.7. The summed E-state index contributed by atoms with van der Waals surface area (Å²) in [5.41, 5.74) is 0. The highest BCUT2D eigenvalue weighted by Gasteiger charge is 2.51. The molecule has 3 unspecified atom stereocenters. The van der Waals surface area contributed by atoms with Crippen molar-refractivity contribution in [3.8, 4) is 0 Å². The van der Waals surface area contributed by atoms with Crippen LogP contribution in [0.4, 0.5) is 0 Å². The Kier molecular flexibility index (Phi) is 3.57. The van der Waals surface area contributed by atoms with Gasteiger partial charge in [-0.05, 0) is 37.3 Å². The van der Waals surface area contributed by atoms with Gasteiger partial charge in [0.2, 0.25) is 0 Å². The van der Waals surface area contributed by atoms with E-state index in [1.807, 2.05) is 0 Å². The fourth-order valence-electron chi connectivity index (χ4n) is 3.80. The van der Waals surface area contributed by atoms with E-state index < -0.39 is 22.0 Å². The van der Waals surface area contributed by atoms with Gasteiger partial charge in [-0.1, -0.05) is 12.8 Å². The van der Waals surface area contributed by atoms with Crippen LogP contribution in [0.1, 0.15) is 32.1 Å². The highest BCUT2D eigenvalue weighted by Crippen LogP contribution is 2.42. The van der Waals surface area contributed by atoms with Gasteiger partial charge in [-0.15, -0.1) is 0 Å². The molecule has 2 aliphatic rings. The summed E-state index contributed by atoms with van der Waals surface area (Å²) in [4.78, 5) is 11.5. The van der Waals surface area contributed by atoms with Crippen LogP contribution in [0.2, 0.25) is 0 Å². The lowest BCUT2D eigenvalue weighted by molar-refractivity contribution is -0.141. The van der Waals surface area contributed by atoms with E-state index in [2.05, 4.69) is 0 Å². The van der Waals surface area contributed by atoms with Gasteiger partial charge in [0.1, 0.15) is 11.1 Å². The molecule has 0 aromatic carbocycles. The van der Waals surface area contributed by atoms with Gasteiger partial charge < -0.3 is 9.67 Å². The van der Waals surface area contributed by atoms with E-state index in [1.54, 1.807) is 19.3 Å². The number of rotatable bonds is 3. The van der Waals surface area contributed by atoms with Crippen molar-refractivity contribution in [2.75, 3.05) is 0 Å². The molecule has 3 atom stereocenters. The number of carboxylic acids is 1. The van der Waals surface area contributed by atoms with E-state index >= 15 is 0 Å². The van der Waals surface area contributed by atoms with Crippen LogP contribution in [0.3, 0.4) is 0 Å². The first kappa shape index (κ1) is 14.6. The third kappa shape index (κ3) is 2.28. The fourth-order valence-corrected chi connectivity index (χ4v) is 5.83. The minimum atomic E-state index is -3.78. The number of carbonyl (C=O) groups is 1. The van der Waals surface area contributed by atoms with E-state index in [4.69, 9.17) is 0 Å². The van der Waals surface area contributed by atoms with Gasteiger partial charge in [-0.3, -0.25) is 4.79 Å². The van der Waals surface area contributed by atoms with E-state index in [0.29, 0.717) is 6.42 Å². The molecule has 116 valence electrons. The van der Waals surface area contributed by atoms with Gasteiger partial charge in [0.15, 0.2) is 0 Å². The van der Waals surface area contributed by atoms with Crippen molar-refractivity contribution < 1.29 is 18.3 Å². The number of carboxylic acid groups (broad SMARTS) is 1. The molecule has 0 spiro atoms. The second-order valence-corrected chi connectivity index (χ2v) is 7.78. The third-order valence-corrected chi connectivity index (χ3v) is 6.79. The summed E-state index contributed by atoms with van der Waals surface area (Å²) in [5, 5.41) is 9.61. The highest BCUT2D eigenvalue weighted by atomic mass is 32.2. The summed E-state index contributed by atoms with van der Waals surface area (Å²) in [5.74, 6) is -0.864. The van der Waals surface area contributed by atoms with Crippen LogP contribution >= 0.6 is 0 Å². The summed E-state index contributed by atoms with van der Waals surface area (Å²) in [6, 6.07) is 2.10. The number of sulfonamides is 1.